The Labute approximate surface area is 167 Å². The highest BCUT2D eigenvalue weighted by molar-refractivity contribution is 5.97. The van der Waals surface area contributed by atoms with Gasteiger partial charge >= 0.3 is 5.97 Å². The molecule has 2 fully saturated rings. The Morgan fingerprint density at radius 1 is 1.45 bits per heavy atom. The number of halogens is 1. The third-order valence-electron chi connectivity index (χ3n) is 5.62. The van der Waals surface area contributed by atoms with Crippen molar-refractivity contribution in [1.29, 1.82) is 0 Å². The number of nitrogens with two attached hydrogens (primary N) is 1. The minimum absolute atomic E-state index is 0.0321. The number of carboxylic acids is 1. The van der Waals surface area contributed by atoms with E-state index in [9.17, 15) is 14.7 Å². The van der Waals surface area contributed by atoms with Crippen molar-refractivity contribution in [3.63, 3.8) is 0 Å². The van der Waals surface area contributed by atoms with Crippen LogP contribution in [0.4, 0.5) is 10.1 Å². The molecule has 3 N–H and O–H groups in total. The van der Waals surface area contributed by atoms with Gasteiger partial charge < -0.3 is 25.0 Å². The first-order valence-corrected chi connectivity index (χ1v) is 9.77. The molecule has 0 bridgehead atoms. The fourth-order valence-corrected chi connectivity index (χ4v) is 4.15. The summed E-state index contributed by atoms with van der Waals surface area (Å²) < 4.78 is 22.7. The highest BCUT2D eigenvalue weighted by atomic mass is 19.1. The quantitative estimate of drug-likeness (QED) is 0.748. The summed E-state index contributed by atoms with van der Waals surface area (Å²) in [6.45, 7) is 1.62. The number of hydrogen-bond donors (Lipinski definition) is 2. The normalized spacial score (nSPS) is 18.4. The number of carboxylic acid groups (broad SMARTS) is 1. The van der Waals surface area contributed by atoms with E-state index in [1.54, 1.807) is 4.57 Å². The number of nitrogens with zero attached hydrogens (tertiary/aromatic N) is 2. The lowest BCUT2D eigenvalue weighted by Crippen LogP contribution is -2.33. The molecule has 0 radical (unpaired) electrons. The van der Waals surface area contributed by atoms with Crippen LogP contribution in [0.15, 0.2) is 28.7 Å². The van der Waals surface area contributed by atoms with E-state index < -0.39 is 17.2 Å². The number of carbonyl (C=O) groups is 1. The van der Waals surface area contributed by atoms with E-state index in [4.69, 9.17) is 10.5 Å². The fourth-order valence-electron chi connectivity index (χ4n) is 4.15. The lowest BCUT2D eigenvalue weighted by molar-refractivity contribution is 0.0695. The second-order valence-corrected chi connectivity index (χ2v) is 7.58. The monoisotopic (exact) mass is 401 g/mol. The highest BCUT2D eigenvalue weighted by Gasteiger charge is 2.31. The van der Waals surface area contributed by atoms with Crippen molar-refractivity contribution in [2.75, 3.05) is 31.6 Å². The largest absolute Gasteiger partial charge is 0.492 e. The maximum Gasteiger partial charge on any atom is 0.341 e. The third-order valence-corrected chi connectivity index (χ3v) is 5.62. The number of anilines is 1. The van der Waals surface area contributed by atoms with E-state index in [0.717, 1.165) is 37.3 Å². The average Bonchev–Trinajstić information content (AvgIpc) is 3.53. The first kappa shape index (κ1) is 19.4. The SMILES string of the molecule is COc1c(N2CCC/C(=C/CN)C2)c(F)cc2c(=O)c(C(=O)O)cn(C3CC3)c12. The molecule has 154 valence electrons. The molecule has 2 heterocycles. The first-order valence-electron chi connectivity index (χ1n) is 9.77. The van der Waals surface area contributed by atoms with Gasteiger partial charge in [-0.2, -0.15) is 0 Å². The zero-order valence-electron chi connectivity index (χ0n) is 16.3. The molecule has 4 rings (SSSR count). The minimum atomic E-state index is -1.32. The summed E-state index contributed by atoms with van der Waals surface area (Å²) in [6, 6.07) is 1.24. The fraction of sp³-hybridized carbons (Fsp3) is 0.429. The van der Waals surface area contributed by atoms with Gasteiger partial charge in [0.1, 0.15) is 11.3 Å². The van der Waals surface area contributed by atoms with Crippen molar-refractivity contribution in [2.24, 2.45) is 5.73 Å². The molecule has 0 amide bonds. The van der Waals surface area contributed by atoms with Crippen LogP contribution in [0.1, 0.15) is 42.1 Å². The molecule has 0 atom stereocenters. The van der Waals surface area contributed by atoms with E-state index in [1.807, 2.05) is 11.0 Å². The Morgan fingerprint density at radius 2 is 2.21 bits per heavy atom. The molecule has 1 aromatic carbocycles. The molecule has 8 heteroatoms. The molecule has 1 saturated carbocycles. The van der Waals surface area contributed by atoms with Crippen LogP contribution in [0.5, 0.6) is 5.75 Å². The summed E-state index contributed by atoms with van der Waals surface area (Å²) in [5.41, 5.74) is 6.48. The van der Waals surface area contributed by atoms with E-state index in [0.29, 0.717) is 30.8 Å². The summed E-state index contributed by atoms with van der Waals surface area (Å²) in [6.07, 6.45) is 6.85. The summed E-state index contributed by atoms with van der Waals surface area (Å²) >= 11 is 0. The lowest BCUT2D eigenvalue weighted by Gasteiger charge is -2.32. The molecule has 1 aromatic heterocycles. The molecule has 1 saturated heterocycles. The van der Waals surface area contributed by atoms with E-state index in [2.05, 4.69) is 0 Å². The maximum absolute atomic E-state index is 15.3. The summed E-state index contributed by atoms with van der Waals surface area (Å²) in [7, 11) is 1.45. The van der Waals surface area contributed by atoms with Gasteiger partial charge in [-0.3, -0.25) is 4.79 Å². The summed E-state index contributed by atoms with van der Waals surface area (Å²) in [5, 5.41) is 9.45. The van der Waals surface area contributed by atoms with Crippen LogP contribution < -0.4 is 20.8 Å². The lowest BCUT2D eigenvalue weighted by atomic mass is 10.0. The maximum atomic E-state index is 15.3. The molecule has 0 spiro atoms. The number of hydrogen-bond acceptors (Lipinski definition) is 5. The van der Waals surface area contributed by atoms with Gasteiger partial charge in [-0.25, -0.2) is 9.18 Å². The molecular weight excluding hydrogens is 377 g/mol. The van der Waals surface area contributed by atoms with Crippen LogP contribution in [0.25, 0.3) is 10.9 Å². The zero-order valence-corrected chi connectivity index (χ0v) is 16.3. The number of fused-ring (bicyclic) bond motifs is 1. The third kappa shape index (κ3) is 3.37. The topological polar surface area (TPSA) is 97.8 Å². The number of pyridine rings is 1. The molecular formula is C21H24FN3O4. The highest BCUT2D eigenvalue weighted by Crippen LogP contribution is 2.44. The van der Waals surface area contributed by atoms with Gasteiger partial charge in [0.15, 0.2) is 11.6 Å². The Morgan fingerprint density at radius 3 is 2.83 bits per heavy atom. The number of ether oxygens (including phenoxy) is 1. The molecule has 7 nitrogen and oxygen atoms in total. The van der Waals surface area contributed by atoms with E-state index in [-0.39, 0.29) is 22.7 Å². The zero-order chi connectivity index (χ0) is 20.7. The van der Waals surface area contributed by atoms with Crippen LogP contribution in [0.2, 0.25) is 0 Å². The van der Waals surface area contributed by atoms with Crippen LogP contribution >= 0.6 is 0 Å². The van der Waals surface area contributed by atoms with Crippen LogP contribution in [0.3, 0.4) is 0 Å². The van der Waals surface area contributed by atoms with Crippen LogP contribution in [-0.2, 0) is 0 Å². The van der Waals surface area contributed by atoms with Gasteiger partial charge in [0.05, 0.1) is 18.0 Å². The second kappa shape index (κ2) is 7.51. The van der Waals surface area contributed by atoms with Crippen LogP contribution in [0, 0.1) is 5.82 Å². The van der Waals surface area contributed by atoms with E-state index in [1.165, 1.54) is 13.3 Å². The number of piperidine rings is 1. The molecule has 2 aromatic rings. The number of rotatable bonds is 5. The summed E-state index contributed by atoms with van der Waals surface area (Å²) in [4.78, 5) is 26.2. The Hall–Kier alpha value is -2.87. The van der Waals surface area contributed by atoms with E-state index >= 15 is 4.39 Å². The predicted molar refractivity (Wildman–Crippen MR) is 109 cm³/mol. The second-order valence-electron chi connectivity index (χ2n) is 7.58. The number of benzene rings is 1. The summed E-state index contributed by atoms with van der Waals surface area (Å²) in [5.74, 6) is -1.64. The Kier molecular flexibility index (Phi) is 5.04. The van der Waals surface area contributed by atoms with Crippen molar-refractivity contribution >= 4 is 22.6 Å². The van der Waals surface area contributed by atoms with Crippen molar-refractivity contribution in [2.45, 2.75) is 31.7 Å². The number of methoxy groups -OCH3 is 1. The smallest absolute Gasteiger partial charge is 0.341 e. The van der Waals surface area contributed by atoms with Crippen molar-refractivity contribution < 1.29 is 19.0 Å². The molecule has 2 aliphatic rings. The molecule has 29 heavy (non-hydrogen) atoms. The van der Waals surface area contributed by atoms with Crippen molar-refractivity contribution in [3.8, 4) is 5.75 Å². The van der Waals surface area contributed by atoms with Gasteiger partial charge in [-0.05, 0) is 31.7 Å². The predicted octanol–water partition coefficient (Wildman–Crippen LogP) is 2.67. The van der Waals surface area contributed by atoms with Gasteiger partial charge in [0.2, 0.25) is 5.43 Å². The molecule has 1 aliphatic carbocycles. The Bertz CT molecular complexity index is 1070. The van der Waals surface area contributed by atoms with Crippen molar-refractivity contribution in [1.82, 2.24) is 4.57 Å². The van der Waals surface area contributed by atoms with Gasteiger partial charge in [0, 0.05) is 31.9 Å². The average molecular weight is 401 g/mol. The van der Waals surface area contributed by atoms with Gasteiger partial charge in [0.25, 0.3) is 0 Å². The van der Waals surface area contributed by atoms with Crippen LogP contribution in [-0.4, -0.2) is 42.4 Å². The minimum Gasteiger partial charge on any atom is -0.492 e. The molecule has 0 unspecified atom stereocenters. The van der Waals surface area contributed by atoms with Crippen molar-refractivity contribution in [3.05, 3.63) is 45.5 Å². The standard InChI is InChI=1S/C21H24FN3O4/c1-29-20-17-14(19(26)15(21(27)28)11-25(17)13-4-5-13)9-16(22)18(20)24-8-2-3-12(10-24)6-7-23/h6,9,11,13H,2-5,7-8,10,23H2,1H3,(H,27,28)/b12-6-. The number of aromatic carboxylic acids is 1. The Balaban J connectivity index is 1.98. The number of aromatic nitrogens is 1. The van der Waals surface area contributed by atoms with Gasteiger partial charge in [-0.1, -0.05) is 11.6 Å². The molecule has 1 aliphatic heterocycles. The van der Waals surface area contributed by atoms with Gasteiger partial charge in [-0.15, -0.1) is 0 Å². The first-order chi connectivity index (χ1) is 14.0.